The molecule has 1 fully saturated rings. The predicted molar refractivity (Wildman–Crippen MR) is 105 cm³/mol. The maximum atomic E-state index is 13.0. The summed E-state index contributed by atoms with van der Waals surface area (Å²) in [6.45, 7) is 2.77. The standard InChI is InChI=1S/C18H23ClN4O3S/c1-13-11-17(22(2)21-13)20-18(24)14-7-8-15(19)16(12-14)27(25,26)23-9-5-3-4-6-10-23/h7-8,11-12H,3-6,9-10H2,1-2H3,(H,20,24). The molecular weight excluding hydrogens is 388 g/mol. The van der Waals surface area contributed by atoms with Crippen LogP contribution in [0.5, 0.6) is 0 Å². The molecule has 0 radical (unpaired) electrons. The van der Waals surface area contributed by atoms with Crippen molar-refractivity contribution in [3.63, 3.8) is 0 Å². The van der Waals surface area contributed by atoms with Crippen molar-refractivity contribution < 1.29 is 13.2 Å². The van der Waals surface area contributed by atoms with Gasteiger partial charge in [0.15, 0.2) is 0 Å². The lowest BCUT2D eigenvalue weighted by atomic mass is 10.2. The van der Waals surface area contributed by atoms with E-state index < -0.39 is 15.9 Å². The van der Waals surface area contributed by atoms with Gasteiger partial charge < -0.3 is 5.32 Å². The Kier molecular flexibility index (Phi) is 5.88. The zero-order valence-corrected chi connectivity index (χ0v) is 17.0. The number of hydrogen-bond acceptors (Lipinski definition) is 4. The first kappa shape index (κ1) is 19.9. The van der Waals surface area contributed by atoms with Crippen molar-refractivity contribution in [2.45, 2.75) is 37.5 Å². The van der Waals surface area contributed by atoms with Crippen molar-refractivity contribution in [3.05, 3.63) is 40.5 Å². The van der Waals surface area contributed by atoms with Gasteiger partial charge in [0.1, 0.15) is 10.7 Å². The molecule has 1 saturated heterocycles. The SMILES string of the molecule is Cc1cc(NC(=O)c2ccc(Cl)c(S(=O)(=O)N3CCCCCC3)c2)n(C)n1. The maximum absolute atomic E-state index is 13.0. The third kappa shape index (κ3) is 4.34. The predicted octanol–water partition coefficient (Wildman–Crippen LogP) is 3.20. The number of sulfonamides is 1. The molecule has 9 heteroatoms. The number of anilines is 1. The number of halogens is 1. The highest BCUT2D eigenvalue weighted by Crippen LogP contribution is 2.28. The highest BCUT2D eigenvalue weighted by atomic mass is 35.5. The van der Waals surface area contributed by atoms with Crippen LogP contribution in [0, 0.1) is 6.92 Å². The molecule has 1 aromatic carbocycles. The summed E-state index contributed by atoms with van der Waals surface area (Å²) in [5.74, 6) is 0.117. The maximum Gasteiger partial charge on any atom is 0.256 e. The fourth-order valence-electron chi connectivity index (χ4n) is 3.18. The third-order valence-electron chi connectivity index (χ3n) is 4.62. The number of aromatic nitrogens is 2. The van der Waals surface area contributed by atoms with Crippen LogP contribution >= 0.6 is 11.6 Å². The number of aryl methyl sites for hydroxylation is 2. The number of benzene rings is 1. The van der Waals surface area contributed by atoms with E-state index in [1.165, 1.54) is 22.5 Å². The Balaban J connectivity index is 1.89. The Morgan fingerprint density at radius 3 is 2.41 bits per heavy atom. The molecule has 7 nitrogen and oxygen atoms in total. The van der Waals surface area contributed by atoms with E-state index in [4.69, 9.17) is 11.6 Å². The minimum atomic E-state index is -3.75. The number of rotatable bonds is 4. The molecule has 1 aliphatic rings. The fraction of sp³-hybridized carbons (Fsp3) is 0.444. The second-order valence-corrected chi connectivity index (χ2v) is 9.03. The zero-order chi connectivity index (χ0) is 19.6. The van der Waals surface area contributed by atoms with E-state index >= 15 is 0 Å². The van der Waals surface area contributed by atoms with Gasteiger partial charge in [0.2, 0.25) is 10.0 Å². The van der Waals surface area contributed by atoms with Crippen molar-refractivity contribution >= 4 is 33.3 Å². The van der Waals surface area contributed by atoms with E-state index in [9.17, 15) is 13.2 Å². The summed E-state index contributed by atoms with van der Waals surface area (Å²) in [6.07, 6.45) is 3.70. The molecule has 1 N–H and O–H groups in total. The molecule has 0 unspecified atom stereocenters. The Morgan fingerprint density at radius 1 is 1.15 bits per heavy atom. The number of carbonyl (C=O) groups is 1. The molecular formula is C18H23ClN4O3S. The van der Waals surface area contributed by atoms with Gasteiger partial charge in [-0.15, -0.1) is 0 Å². The van der Waals surface area contributed by atoms with Gasteiger partial charge in [-0.05, 0) is 38.0 Å². The normalized spacial score (nSPS) is 16.1. The van der Waals surface area contributed by atoms with Gasteiger partial charge in [0.05, 0.1) is 10.7 Å². The summed E-state index contributed by atoms with van der Waals surface area (Å²) in [5, 5.41) is 7.04. The molecule has 0 aliphatic carbocycles. The van der Waals surface area contributed by atoms with E-state index in [0.29, 0.717) is 18.9 Å². The number of carbonyl (C=O) groups excluding carboxylic acids is 1. The van der Waals surface area contributed by atoms with Crippen molar-refractivity contribution in [2.75, 3.05) is 18.4 Å². The second-order valence-electron chi connectivity index (χ2n) is 6.71. The van der Waals surface area contributed by atoms with E-state index in [0.717, 1.165) is 31.4 Å². The van der Waals surface area contributed by atoms with Crippen molar-refractivity contribution in [1.82, 2.24) is 14.1 Å². The van der Waals surface area contributed by atoms with Crippen LogP contribution in [0.15, 0.2) is 29.2 Å². The molecule has 1 aliphatic heterocycles. The summed E-state index contributed by atoms with van der Waals surface area (Å²) in [7, 11) is -2.02. The topological polar surface area (TPSA) is 84.3 Å². The van der Waals surface area contributed by atoms with Crippen molar-refractivity contribution in [3.8, 4) is 0 Å². The molecule has 0 atom stereocenters. The molecule has 1 amide bonds. The lowest BCUT2D eigenvalue weighted by Crippen LogP contribution is -2.32. The van der Waals surface area contributed by atoms with Crippen LogP contribution in [0.2, 0.25) is 5.02 Å². The largest absolute Gasteiger partial charge is 0.307 e. The van der Waals surface area contributed by atoms with Gasteiger partial charge >= 0.3 is 0 Å². The first-order valence-electron chi connectivity index (χ1n) is 8.91. The first-order valence-corrected chi connectivity index (χ1v) is 10.7. The Morgan fingerprint density at radius 2 is 1.81 bits per heavy atom. The second kappa shape index (κ2) is 8.00. The molecule has 0 bridgehead atoms. The molecule has 2 heterocycles. The Hall–Kier alpha value is -1.90. The Bertz CT molecular complexity index is 948. The average molecular weight is 411 g/mol. The molecule has 0 saturated carbocycles. The molecule has 0 spiro atoms. The highest BCUT2D eigenvalue weighted by Gasteiger charge is 2.28. The average Bonchev–Trinajstić information content (AvgIpc) is 2.82. The summed E-state index contributed by atoms with van der Waals surface area (Å²) < 4.78 is 29.1. The van der Waals surface area contributed by atoms with Crippen LogP contribution in [0.3, 0.4) is 0 Å². The lowest BCUT2D eigenvalue weighted by molar-refractivity contribution is 0.102. The van der Waals surface area contributed by atoms with Gasteiger partial charge in [0, 0.05) is 31.8 Å². The van der Waals surface area contributed by atoms with E-state index in [2.05, 4.69) is 10.4 Å². The van der Waals surface area contributed by atoms with Crippen LogP contribution in [0.4, 0.5) is 5.82 Å². The number of amides is 1. The molecule has 27 heavy (non-hydrogen) atoms. The van der Waals surface area contributed by atoms with Gasteiger partial charge in [-0.1, -0.05) is 24.4 Å². The van der Waals surface area contributed by atoms with Crippen molar-refractivity contribution in [2.24, 2.45) is 7.05 Å². The van der Waals surface area contributed by atoms with Gasteiger partial charge in [-0.3, -0.25) is 9.48 Å². The monoisotopic (exact) mass is 410 g/mol. The number of nitrogens with one attached hydrogen (secondary N) is 1. The van der Waals surface area contributed by atoms with E-state index in [-0.39, 0.29) is 15.5 Å². The van der Waals surface area contributed by atoms with Gasteiger partial charge in [-0.2, -0.15) is 9.40 Å². The van der Waals surface area contributed by atoms with E-state index in [1.54, 1.807) is 17.8 Å². The number of hydrogen-bond donors (Lipinski definition) is 1. The van der Waals surface area contributed by atoms with Gasteiger partial charge in [0.25, 0.3) is 5.91 Å². The lowest BCUT2D eigenvalue weighted by Gasteiger charge is -2.21. The van der Waals surface area contributed by atoms with Crippen molar-refractivity contribution in [1.29, 1.82) is 0 Å². The minimum absolute atomic E-state index is 0.0279. The molecule has 146 valence electrons. The minimum Gasteiger partial charge on any atom is -0.307 e. The van der Waals surface area contributed by atoms with E-state index in [1.807, 2.05) is 6.92 Å². The van der Waals surface area contributed by atoms with Gasteiger partial charge in [-0.25, -0.2) is 8.42 Å². The third-order valence-corrected chi connectivity index (χ3v) is 7.00. The van der Waals surface area contributed by atoms with Crippen LogP contribution in [0.1, 0.15) is 41.7 Å². The summed E-state index contributed by atoms with van der Waals surface area (Å²) in [4.78, 5) is 12.6. The summed E-state index contributed by atoms with van der Waals surface area (Å²) in [6, 6.07) is 6.06. The van der Waals surface area contributed by atoms with Crippen LogP contribution < -0.4 is 5.32 Å². The molecule has 3 rings (SSSR count). The van der Waals surface area contributed by atoms with Crippen LogP contribution in [0.25, 0.3) is 0 Å². The quantitative estimate of drug-likeness (QED) is 0.838. The first-order chi connectivity index (χ1) is 12.8. The number of nitrogens with zero attached hydrogens (tertiary/aromatic N) is 3. The Labute approximate surface area is 164 Å². The molecule has 1 aromatic heterocycles. The van der Waals surface area contributed by atoms with Crippen LogP contribution in [-0.2, 0) is 17.1 Å². The zero-order valence-electron chi connectivity index (χ0n) is 15.4. The van der Waals surface area contributed by atoms with Crippen LogP contribution in [-0.4, -0.2) is 41.5 Å². The fourth-order valence-corrected chi connectivity index (χ4v) is 5.20. The molecule has 2 aromatic rings. The smallest absolute Gasteiger partial charge is 0.256 e. The summed E-state index contributed by atoms with van der Waals surface area (Å²) in [5.41, 5.74) is 1.000. The summed E-state index contributed by atoms with van der Waals surface area (Å²) >= 11 is 6.18. The highest BCUT2D eigenvalue weighted by molar-refractivity contribution is 7.89.